The number of carbonyl (C=O) groups is 1. The molecule has 1 amide bonds. The summed E-state index contributed by atoms with van der Waals surface area (Å²) < 4.78 is 5.36. The second-order valence-corrected chi connectivity index (χ2v) is 5.88. The molecule has 2 aromatic rings. The maximum atomic E-state index is 11.8. The Bertz CT molecular complexity index is 569. The van der Waals surface area contributed by atoms with Crippen LogP contribution in [0, 0.1) is 0 Å². The van der Waals surface area contributed by atoms with Gasteiger partial charge in [0, 0.05) is 18.0 Å². The first-order chi connectivity index (χ1) is 10.8. The van der Waals surface area contributed by atoms with Crippen molar-refractivity contribution in [2.75, 3.05) is 12.4 Å². The molecule has 4 heteroatoms. The van der Waals surface area contributed by atoms with E-state index in [2.05, 4.69) is 5.32 Å². The quantitative estimate of drug-likeness (QED) is 0.756. The zero-order chi connectivity index (χ0) is 15.6. The predicted molar refractivity (Wildman–Crippen MR) is 90.8 cm³/mol. The Hall–Kier alpha value is -1.78. The van der Waals surface area contributed by atoms with Crippen LogP contribution in [0.25, 0.3) is 0 Å². The molecule has 0 aliphatic heterocycles. The van der Waals surface area contributed by atoms with Crippen molar-refractivity contribution in [1.82, 2.24) is 5.32 Å². The van der Waals surface area contributed by atoms with Gasteiger partial charge in [0.25, 0.3) is 0 Å². The number of benzene rings is 2. The van der Waals surface area contributed by atoms with Crippen molar-refractivity contribution in [3.8, 4) is 0 Å². The lowest BCUT2D eigenvalue weighted by Gasteiger charge is -2.07. The summed E-state index contributed by atoms with van der Waals surface area (Å²) in [5.41, 5.74) is 2.25. The third-order valence-electron chi connectivity index (χ3n) is 3.10. The second-order valence-electron chi connectivity index (χ2n) is 4.83. The van der Waals surface area contributed by atoms with Crippen LogP contribution in [0.2, 0.25) is 0 Å². The number of hydrogen-bond donors (Lipinski definition) is 1. The van der Waals surface area contributed by atoms with E-state index in [1.54, 1.807) is 11.8 Å². The predicted octanol–water partition coefficient (Wildman–Crippen LogP) is 3.63. The molecule has 0 heterocycles. The maximum Gasteiger partial charge on any atom is 0.230 e. The van der Waals surface area contributed by atoms with E-state index in [-0.39, 0.29) is 5.91 Å². The van der Waals surface area contributed by atoms with Gasteiger partial charge in [-0.3, -0.25) is 4.79 Å². The summed E-state index contributed by atoms with van der Waals surface area (Å²) in [4.78, 5) is 13.0. The first-order valence-corrected chi connectivity index (χ1v) is 8.36. The van der Waals surface area contributed by atoms with Crippen LogP contribution < -0.4 is 5.32 Å². The molecular weight excluding hydrogens is 294 g/mol. The van der Waals surface area contributed by atoms with Crippen molar-refractivity contribution < 1.29 is 9.53 Å². The van der Waals surface area contributed by atoms with Crippen LogP contribution in [0.4, 0.5) is 0 Å². The van der Waals surface area contributed by atoms with Crippen LogP contribution >= 0.6 is 11.8 Å². The molecule has 2 rings (SSSR count). The largest absolute Gasteiger partial charge is 0.377 e. The Morgan fingerprint density at radius 1 is 1.05 bits per heavy atom. The van der Waals surface area contributed by atoms with Gasteiger partial charge in [0.05, 0.1) is 12.4 Å². The van der Waals surface area contributed by atoms with Crippen molar-refractivity contribution >= 4 is 17.7 Å². The zero-order valence-corrected chi connectivity index (χ0v) is 13.6. The van der Waals surface area contributed by atoms with E-state index in [0.29, 0.717) is 18.9 Å². The number of rotatable bonds is 8. The highest BCUT2D eigenvalue weighted by molar-refractivity contribution is 8.00. The smallest absolute Gasteiger partial charge is 0.230 e. The highest BCUT2D eigenvalue weighted by atomic mass is 32.2. The molecule has 3 nitrogen and oxygen atoms in total. The minimum absolute atomic E-state index is 0.0484. The monoisotopic (exact) mass is 315 g/mol. The van der Waals surface area contributed by atoms with E-state index in [0.717, 1.165) is 22.6 Å². The maximum absolute atomic E-state index is 11.8. The van der Waals surface area contributed by atoms with Crippen LogP contribution in [-0.2, 0) is 22.7 Å². The number of carbonyl (C=O) groups excluding carboxylic acids is 1. The van der Waals surface area contributed by atoms with Crippen molar-refractivity contribution in [2.24, 2.45) is 0 Å². The van der Waals surface area contributed by atoms with Gasteiger partial charge in [-0.15, -0.1) is 11.8 Å². The summed E-state index contributed by atoms with van der Waals surface area (Å²) in [7, 11) is 0. The SMILES string of the molecule is CCOCc1ccc(CNC(=O)CSc2ccccc2)cc1. The van der Waals surface area contributed by atoms with Gasteiger partial charge in [0.2, 0.25) is 5.91 Å². The Morgan fingerprint density at radius 3 is 2.41 bits per heavy atom. The fraction of sp³-hybridized carbons (Fsp3) is 0.278. The highest BCUT2D eigenvalue weighted by Crippen LogP contribution is 2.16. The number of nitrogens with one attached hydrogen (secondary N) is 1. The molecule has 0 aromatic heterocycles. The normalized spacial score (nSPS) is 10.4. The van der Waals surface area contributed by atoms with Crippen molar-refractivity contribution in [3.63, 3.8) is 0 Å². The minimum atomic E-state index is 0.0484. The van der Waals surface area contributed by atoms with Gasteiger partial charge in [0.15, 0.2) is 0 Å². The van der Waals surface area contributed by atoms with E-state index in [4.69, 9.17) is 4.74 Å². The van der Waals surface area contributed by atoms with Gasteiger partial charge in [0.1, 0.15) is 0 Å². The second kappa shape index (κ2) is 9.28. The molecule has 0 saturated carbocycles. The molecule has 0 fully saturated rings. The summed E-state index contributed by atoms with van der Waals surface area (Å²) in [6, 6.07) is 18.1. The van der Waals surface area contributed by atoms with Crippen LogP contribution in [0.1, 0.15) is 18.1 Å². The molecular formula is C18H21NO2S. The topological polar surface area (TPSA) is 38.3 Å². The summed E-state index contributed by atoms with van der Waals surface area (Å²) in [5.74, 6) is 0.485. The number of thioether (sulfide) groups is 1. The fourth-order valence-corrected chi connectivity index (χ4v) is 2.64. The Morgan fingerprint density at radius 2 is 1.73 bits per heavy atom. The third kappa shape index (κ3) is 5.92. The van der Waals surface area contributed by atoms with Gasteiger partial charge in [-0.1, -0.05) is 42.5 Å². The Labute approximate surface area is 136 Å². The molecule has 0 saturated heterocycles. The van der Waals surface area contributed by atoms with E-state index >= 15 is 0 Å². The molecule has 2 aromatic carbocycles. The first-order valence-electron chi connectivity index (χ1n) is 7.38. The summed E-state index contributed by atoms with van der Waals surface area (Å²) in [6.07, 6.45) is 0. The fourth-order valence-electron chi connectivity index (χ4n) is 1.89. The standard InChI is InChI=1S/C18H21NO2S/c1-2-21-13-16-10-8-15(9-11-16)12-19-18(20)14-22-17-6-4-3-5-7-17/h3-11H,2,12-14H2,1H3,(H,19,20). The molecule has 0 bridgehead atoms. The lowest BCUT2D eigenvalue weighted by atomic mass is 10.1. The van der Waals surface area contributed by atoms with Crippen molar-refractivity contribution in [3.05, 3.63) is 65.7 Å². The van der Waals surface area contributed by atoms with E-state index in [1.165, 1.54) is 0 Å². The molecule has 0 radical (unpaired) electrons. The molecule has 22 heavy (non-hydrogen) atoms. The molecule has 0 aliphatic rings. The minimum Gasteiger partial charge on any atom is -0.377 e. The van der Waals surface area contributed by atoms with E-state index in [1.807, 2.05) is 61.5 Å². The average molecular weight is 315 g/mol. The third-order valence-corrected chi connectivity index (χ3v) is 4.11. The molecule has 116 valence electrons. The summed E-state index contributed by atoms with van der Waals surface area (Å²) in [6.45, 7) is 3.90. The lowest BCUT2D eigenvalue weighted by molar-refractivity contribution is -0.118. The molecule has 0 atom stereocenters. The summed E-state index contributed by atoms with van der Waals surface area (Å²) in [5, 5.41) is 2.94. The zero-order valence-electron chi connectivity index (χ0n) is 12.7. The van der Waals surface area contributed by atoms with Crippen LogP contribution in [0.15, 0.2) is 59.5 Å². The highest BCUT2D eigenvalue weighted by Gasteiger charge is 2.03. The van der Waals surface area contributed by atoms with E-state index < -0.39 is 0 Å². The van der Waals surface area contributed by atoms with Crippen molar-refractivity contribution in [2.45, 2.75) is 25.0 Å². The molecule has 0 spiro atoms. The summed E-state index contributed by atoms with van der Waals surface area (Å²) >= 11 is 1.55. The average Bonchev–Trinajstić information content (AvgIpc) is 2.58. The van der Waals surface area contributed by atoms with Gasteiger partial charge in [-0.2, -0.15) is 0 Å². The van der Waals surface area contributed by atoms with Gasteiger partial charge < -0.3 is 10.1 Å². The van der Waals surface area contributed by atoms with Gasteiger partial charge in [-0.25, -0.2) is 0 Å². The van der Waals surface area contributed by atoms with Crippen LogP contribution in [-0.4, -0.2) is 18.3 Å². The lowest BCUT2D eigenvalue weighted by Crippen LogP contribution is -2.24. The molecule has 0 aliphatic carbocycles. The number of ether oxygens (including phenoxy) is 1. The first kappa shape index (κ1) is 16.6. The van der Waals surface area contributed by atoms with Crippen LogP contribution in [0.5, 0.6) is 0 Å². The Balaban J connectivity index is 1.71. The molecule has 0 unspecified atom stereocenters. The Kier molecular flexibility index (Phi) is 7.00. The number of amides is 1. The molecule has 1 N–H and O–H groups in total. The van der Waals surface area contributed by atoms with Gasteiger partial charge >= 0.3 is 0 Å². The van der Waals surface area contributed by atoms with Crippen molar-refractivity contribution in [1.29, 1.82) is 0 Å². The van der Waals surface area contributed by atoms with E-state index in [9.17, 15) is 4.79 Å². The number of hydrogen-bond acceptors (Lipinski definition) is 3. The van der Waals surface area contributed by atoms with Crippen LogP contribution in [0.3, 0.4) is 0 Å². The van der Waals surface area contributed by atoms with Gasteiger partial charge in [-0.05, 0) is 30.2 Å².